The Hall–Kier alpha value is -2.57. The molecular weight excluding hydrogens is 424 g/mol. The van der Waals surface area contributed by atoms with E-state index in [1.54, 1.807) is 0 Å². The number of hydrogen-bond donors (Lipinski definition) is 2. The van der Waals surface area contributed by atoms with E-state index in [2.05, 4.69) is 52.4 Å². The van der Waals surface area contributed by atoms with E-state index in [1.807, 2.05) is 23.1 Å². The molecule has 2 aliphatic heterocycles. The van der Waals surface area contributed by atoms with Crippen molar-refractivity contribution in [3.8, 4) is 5.75 Å². The Labute approximate surface area is 203 Å². The lowest BCUT2D eigenvalue weighted by atomic mass is 9.87. The van der Waals surface area contributed by atoms with E-state index in [0.29, 0.717) is 17.7 Å². The molecule has 2 N–H and O–H groups in total. The van der Waals surface area contributed by atoms with E-state index in [1.165, 1.54) is 5.56 Å². The molecule has 34 heavy (non-hydrogen) atoms. The highest BCUT2D eigenvalue weighted by atomic mass is 16.3. The minimum atomic E-state index is 0.146. The first-order valence-corrected chi connectivity index (χ1v) is 13.0. The van der Waals surface area contributed by atoms with Gasteiger partial charge in [0, 0.05) is 51.2 Å². The Kier molecular flexibility index (Phi) is 7.07. The summed E-state index contributed by atoms with van der Waals surface area (Å²) in [5.41, 5.74) is 3.22. The molecule has 6 heteroatoms. The number of piperazine rings is 1. The fourth-order valence-electron chi connectivity index (χ4n) is 5.94. The molecule has 0 spiro atoms. The predicted molar refractivity (Wildman–Crippen MR) is 136 cm³/mol. The lowest BCUT2D eigenvalue weighted by Crippen LogP contribution is -2.52. The molecule has 2 aliphatic carbocycles. The van der Waals surface area contributed by atoms with Crippen molar-refractivity contribution < 1.29 is 9.90 Å². The summed E-state index contributed by atoms with van der Waals surface area (Å²) >= 11 is 0. The van der Waals surface area contributed by atoms with Crippen LogP contribution in [0, 0.1) is 5.92 Å². The van der Waals surface area contributed by atoms with Crippen LogP contribution in [0.2, 0.25) is 0 Å². The van der Waals surface area contributed by atoms with E-state index in [4.69, 9.17) is 0 Å². The minimum Gasteiger partial charge on any atom is -0.508 e. The summed E-state index contributed by atoms with van der Waals surface area (Å²) in [6.07, 6.45) is 14.7. The zero-order valence-corrected chi connectivity index (χ0v) is 20.3. The van der Waals surface area contributed by atoms with Crippen LogP contribution in [0.3, 0.4) is 0 Å². The van der Waals surface area contributed by atoms with Gasteiger partial charge in [-0.2, -0.15) is 0 Å². The molecule has 2 heterocycles. The molecule has 1 amide bonds. The first-order valence-electron chi connectivity index (χ1n) is 13.0. The summed E-state index contributed by atoms with van der Waals surface area (Å²) in [5.74, 6) is 0.902. The Morgan fingerprint density at radius 1 is 1.15 bits per heavy atom. The van der Waals surface area contributed by atoms with Gasteiger partial charge in [-0.3, -0.25) is 14.6 Å². The van der Waals surface area contributed by atoms with Crippen LogP contribution in [0.4, 0.5) is 0 Å². The van der Waals surface area contributed by atoms with Gasteiger partial charge in [0.25, 0.3) is 5.91 Å². The zero-order valence-electron chi connectivity index (χ0n) is 20.3. The van der Waals surface area contributed by atoms with E-state index in [0.717, 1.165) is 82.8 Å². The predicted octanol–water partition coefficient (Wildman–Crippen LogP) is 2.70. The number of phenols is 1. The number of carbonyl (C=O) groups excluding carboxylic acids is 1. The van der Waals surface area contributed by atoms with Gasteiger partial charge in [0.05, 0.1) is 11.7 Å². The van der Waals surface area contributed by atoms with Crippen LogP contribution in [0.1, 0.15) is 30.9 Å². The Balaban J connectivity index is 1.11. The number of carbonyl (C=O) groups is 1. The number of rotatable bonds is 7. The van der Waals surface area contributed by atoms with Crippen LogP contribution in [0.25, 0.3) is 0 Å². The van der Waals surface area contributed by atoms with Crippen molar-refractivity contribution in [2.24, 2.45) is 5.92 Å². The molecule has 4 aliphatic rings. The molecule has 0 bridgehead atoms. The molecule has 3 atom stereocenters. The van der Waals surface area contributed by atoms with E-state index in [9.17, 15) is 9.90 Å². The van der Waals surface area contributed by atoms with Crippen LogP contribution in [0.5, 0.6) is 5.75 Å². The maximum Gasteiger partial charge on any atom is 0.269 e. The average Bonchev–Trinajstić information content (AvgIpc) is 3.31. The SMILES string of the molecule is CCCN(CCN1CCN(C(=O)C2=CC3C=CC=CC3N2)CC1)C1CCc2c(O)cccc2C1. The second kappa shape index (κ2) is 10.4. The maximum atomic E-state index is 13.0. The second-order valence-corrected chi connectivity index (χ2v) is 10.1. The molecule has 1 fully saturated rings. The number of benzene rings is 1. The monoisotopic (exact) mass is 462 g/mol. The highest BCUT2D eigenvalue weighted by Crippen LogP contribution is 2.31. The quantitative estimate of drug-likeness (QED) is 0.653. The highest BCUT2D eigenvalue weighted by molar-refractivity contribution is 5.93. The number of fused-ring (bicyclic) bond motifs is 2. The number of hydrogen-bond acceptors (Lipinski definition) is 5. The van der Waals surface area contributed by atoms with Crippen LogP contribution in [0.15, 0.2) is 54.3 Å². The average molecular weight is 463 g/mol. The van der Waals surface area contributed by atoms with Gasteiger partial charge in [-0.25, -0.2) is 0 Å². The van der Waals surface area contributed by atoms with Gasteiger partial charge in [0.1, 0.15) is 5.75 Å². The molecule has 182 valence electrons. The Morgan fingerprint density at radius 3 is 2.76 bits per heavy atom. The first-order chi connectivity index (χ1) is 16.6. The van der Waals surface area contributed by atoms with Crippen LogP contribution in [-0.4, -0.2) is 83.6 Å². The summed E-state index contributed by atoms with van der Waals surface area (Å²) in [5, 5.41) is 13.6. The fourth-order valence-corrected chi connectivity index (χ4v) is 5.94. The second-order valence-electron chi connectivity index (χ2n) is 10.1. The van der Waals surface area contributed by atoms with Crippen molar-refractivity contribution in [3.05, 3.63) is 65.4 Å². The van der Waals surface area contributed by atoms with Crippen molar-refractivity contribution >= 4 is 5.91 Å². The van der Waals surface area contributed by atoms with Crippen molar-refractivity contribution in [1.29, 1.82) is 0 Å². The normalized spacial score (nSPS) is 26.2. The summed E-state index contributed by atoms with van der Waals surface area (Å²) < 4.78 is 0. The van der Waals surface area contributed by atoms with E-state index < -0.39 is 0 Å². The Morgan fingerprint density at radius 2 is 1.97 bits per heavy atom. The van der Waals surface area contributed by atoms with Crippen LogP contribution < -0.4 is 5.32 Å². The Bertz CT molecular complexity index is 977. The largest absolute Gasteiger partial charge is 0.508 e. The molecule has 3 unspecified atom stereocenters. The van der Waals surface area contributed by atoms with Gasteiger partial charge in [0.15, 0.2) is 0 Å². The lowest BCUT2D eigenvalue weighted by Gasteiger charge is -2.39. The summed E-state index contributed by atoms with van der Waals surface area (Å²) in [7, 11) is 0. The summed E-state index contributed by atoms with van der Waals surface area (Å²) in [6.45, 7) is 8.95. The van der Waals surface area contributed by atoms with Gasteiger partial charge < -0.3 is 15.3 Å². The number of phenolic OH excluding ortho intramolecular Hbond substituents is 1. The zero-order chi connectivity index (χ0) is 23.5. The molecule has 0 aromatic heterocycles. The van der Waals surface area contributed by atoms with Crippen molar-refractivity contribution in [1.82, 2.24) is 20.0 Å². The molecule has 6 nitrogen and oxygen atoms in total. The van der Waals surface area contributed by atoms with Crippen molar-refractivity contribution in [3.63, 3.8) is 0 Å². The van der Waals surface area contributed by atoms with E-state index >= 15 is 0 Å². The molecule has 0 radical (unpaired) electrons. The standard InChI is InChI=1S/C28H38N4O2/c1-2-12-31(23-10-11-24-21(19-23)7-5-9-27(24)33)16-13-30-14-17-32(18-15-30)28(34)26-20-22-6-3-4-8-25(22)29-26/h3-9,20,22-23,25,29,33H,2,10-19H2,1H3. The van der Waals surface area contributed by atoms with Crippen LogP contribution >= 0.6 is 0 Å². The van der Waals surface area contributed by atoms with Gasteiger partial charge in [-0.15, -0.1) is 0 Å². The van der Waals surface area contributed by atoms with Gasteiger partial charge in [0.2, 0.25) is 0 Å². The maximum absolute atomic E-state index is 13.0. The van der Waals surface area contributed by atoms with Gasteiger partial charge in [-0.05, 0) is 55.5 Å². The topological polar surface area (TPSA) is 59.0 Å². The van der Waals surface area contributed by atoms with Gasteiger partial charge in [-0.1, -0.05) is 43.4 Å². The highest BCUT2D eigenvalue weighted by Gasteiger charge is 2.31. The number of nitrogens with zero attached hydrogens (tertiary/aromatic N) is 3. The van der Waals surface area contributed by atoms with Crippen LogP contribution in [-0.2, 0) is 17.6 Å². The summed E-state index contributed by atoms with van der Waals surface area (Å²) in [4.78, 5) is 20.2. The molecule has 1 saturated heterocycles. The third kappa shape index (κ3) is 4.93. The molecule has 1 aromatic rings. The van der Waals surface area contributed by atoms with Gasteiger partial charge >= 0.3 is 0 Å². The third-order valence-corrected chi connectivity index (χ3v) is 7.91. The van der Waals surface area contributed by atoms with E-state index in [-0.39, 0.29) is 11.9 Å². The number of nitrogens with one attached hydrogen (secondary N) is 1. The smallest absolute Gasteiger partial charge is 0.269 e. The van der Waals surface area contributed by atoms with Crippen molar-refractivity contribution in [2.45, 2.75) is 44.7 Å². The number of allylic oxidation sites excluding steroid dienone is 2. The molecule has 1 aromatic carbocycles. The third-order valence-electron chi connectivity index (χ3n) is 7.91. The molecule has 5 rings (SSSR count). The number of amides is 1. The first kappa shape index (κ1) is 23.2. The summed E-state index contributed by atoms with van der Waals surface area (Å²) in [6, 6.07) is 6.74. The van der Waals surface area contributed by atoms with Crippen molar-refractivity contribution in [2.75, 3.05) is 45.8 Å². The fraction of sp³-hybridized carbons (Fsp3) is 0.536. The minimum absolute atomic E-state index is 0.146. The molecular formula is C28H38N4O2. The lowest BCUT2D eigenvalue weighted by molar-refractivity contribution is -0.129. The number of aromatic hydroxyl groups is 1. The molecule has 0 saturated carbocycles.